The molecule has 0 fully saturated rings. The maximum atomic E-state index is 13.5. The van der Waals surface area contributed by atoms with E-state index in [2.05, 4.69) is 0 Å². The Balaban J connectivity index is 2.40. The molecule has 0 saturated heterocycles. The quantitative estimate of drug-likeness (QED) is 0.857. The summed E-state index contributed by atoms with van der Waals surface area (Å²) in [5.41, 5.74) is 1.70. The number of anilines is 2. The molecule has 2 rings (SSSR count). The molecule has 1 N–H and O–H groups in total. The van der Waals surface area contributed by atoms with E-state index in [0.29, 0.717) is 11.3 Å². The van der Waals surface area contributed by atoms with E-state index < -0.39 is 5.82 Å². The first-order valence-corrected chi connectivity index (χ1v) is 5.81. The van der Waals surface area contributed by atoms with Crippen molar-refractivity contribution in [2.24, 2.45) is 0 Å². The monoisotopic (exact) mass is 259 g/mol. The molecule has 19 heavy (non-hydrogen) atoms. The zero-order valence-corrected chi connectivity index (χ0v) is 10.7. The van der Waals surface area contributed by atoms with Gasteiger partial charge in [-0.25, -0.2) is 4.39 Å². The summed E-state index contributed by atoms with van der Waals surface area (Å²) in [5.74, 6) is -0.464. The van der Waals surface area contributed by atoms with Crippen LogP contribution in [-0.4, -0.2) is 17.9 Å². The number of rotatable bonds is 3. The predicted octanol–water partition coefficient (Wildman–Crippen LogP) is 3.50. The van der Waals surface area contributed by atoms with Crippen LogP contribution in [0.3, 0.4) is 0 Å². The third-order valence-corrected chi connectivity index (χ3v) is 2.91. The van der Waals surface area contributed by atoms with Crippen LogP contribution in [0.25, 0.3) is 0 Å². The molecule has 0 spiro atoms. The molecule has 0 heterocycles. The predicted molar refractivity (Wildman–Crippen MR) is 72.6 cm³/mol. The van der Waals surface area contributed by atoms with E-state index in [1.165, 1.54) is 19.1 Å². The number of phenols is 1. The fourth-order valence-electron chi connectivity index (χ4n) is 1.80. The van der Waals surface area contributed by atoms with Gasteiger partial charge in [-0.2, -0.15) is 0 Å². The van der Waals surface area contributed by atoms with Crippen molar-refractivity contribution in [3.05, 3.63) is 53.8 Å². The fourth-order valence-corrected chi connectivity index (χ4v) is 1.80. The number of nitrogens with zero attached hydrogens (tertiary/aromatic N) is 1. The number of phenolic OH excluding ortho intramolecular Hbond substituents is 1. The number of Topliss-reactive ketones (excluding diaryl/α,β-unsaturated/α-hetero) is 1. The number of benzene rings is 2. The van der Waals surface area contributed by atoms with Crippen molar-refractivity contribution >= 4 is 17.2 Å². The molecule has 0 unspecified atom stereocenters. The maximum Gasteiger partial charge on any atom is 0.159 e. The summed E-state index contributed by atoms with van der Waals surface area (Å²) in [4.78, 5) is 13.1. The molecule has 4 heteroatoms. The topological polar surface area (TPSA) is 40.5 Å². The van der Waals surface area contributed by atoms with Crippen LogP contribution in [0.2, 0.25) is 0 Å². The maximum absolute atomic E-state index is 13.5. The van der Waals surface area contributed by atoms with E-state index in [4.69, 9.17) is 0 Å². The Morgan fingerprint density at radius 3 is 2.32 bits per heavy atom. The molecule has 0 amide bonds. The standard InChI is InChI=1S/C15H14FNO2/c1-10(18)11-7-12(16)9-14(8-11)17(2)13-3-5-15(19)6-4-13/h3-9,19H,1-2H3. The second-order valence-corrected chi connectivity index (χ2v) is 4.33. The Morgan fingerprint density at radius 1 is 1.11 bits per heavy atom. The van der Waals surface area contributed by atoms with Crippen LogP contribution < -0.4 is 4.90 Å². The van der Waals surface area contributed by atoms with Crippen molar-refractivity contribution in [3.8, 4) is 5.75 Å². The van der Waals surface area contributed by atoms with Gasteiger partial charge in [0.15, 0.2) is 5.78 Å². The summed E-state index contributed by atoms with van der Waals surface area (Å²) >= 11 is 0. The number of carbonyl (C=O) groups excluding carboxylic acids is 1. The lowest BCUT2D eigenvalue weighted by Crippen LogP contribution is -2.10. The van der Waals surface area contributed by atoms with Gasteiger partial charge in [-0.15, -0.1) is 0 Å². The molecule has 98 valence electrons. The first kappa shape index (κ1) is 13.1. The Kier molecular flexibility index (Phi) is 3.51. The normalized spacial score (nSPS) is 10.3. The van der Waals surface area contributed by atoms with E-state index in [1.54, 1.807) is 42.3 Å². The van der Waals surface area contributed by atoms with Gasteiger partial charge in [0.05, 0.1) is 0 Å². The van der Waals surface area contributed by atoms with E-state index in [0.717, 1.165) is 5.69 Å². The van der Waals surface area contributed by atoms with Gasteiger partial charge in [0.25, 0.3) is 0 Å². The molecule has 2 aromatic rings. The van der Waals surface area contributed by atoms with Gasteiger partial charge in [-0.05, 0) is 49.4 Å². The first-order valence-electron chi connectivity index (χ1n) is 5.81. The summed E-state index contributed by atoms with van der Waals surface area (Å²) in [5, 5.41) is 9.25. The van der Waals surface area contributed by atoms with Crippen LogP contribution >= 0.6 is 0 Å². The zero-order valence-electron chi connectivity index (χ0n) is 10.7. The fraction of sp³-hybridized carbons (Fsp3) is 0.133. The van der Waals surface area contributed by atoms with E-state index in [9.17, 15) is 14.3 Å². The summed E-state index contributed by atoms with van der Waals surface area (Å²) < 4.78 is 13.5. The number of aromatic hydroxyl groups is 1. The first-order chi connectivity index (χ1) is 8.97. The average Bonchev–Trinajstić information content (AvgIpc) is 2.38. The van der Waals surface area contributed by atoms with Crippen LogP contribution in [0.5, 0.6) is 5.75 Å². The molecule has 0 atom stereocenters. The molecule has 2 aromatic carbocycles. The van der Waals surface area contributed by atoms with Gasteiger partial charge in [-0.1, -0.05) is 0 Å². The third-order valence-electron chi connectivity index (χ3n) is 2.91. The van der Waals surface area contributed by atoms with Crippen molar-refractivity contribution in [1.82, 2.24) is 0 Å². The van der Waals surface area contributed by atoms with E-state index in [1.807, 2.05) is 0 Å². The number of carbonyl (C=O) groups is 1. The Hall–Kier alpha value is -2.36. The van der Waals surface area contributed by atoms with Crippen LogP contribution in [0, 0.1) is 5.82 Å². The number of hydrogen-bond donors (Lipinski definition) is 1. The van der Waals surface area contributed by atoms with E-state index >= 15 is 0 Å². The lowest BCUT2D eigenvalue weighted by Gasteiger charge is -2.20. The largest absolute Gasteiger partial charge is 0.508 e. The van der Waals surface area contributed by atoms with Gasteiger partial charge < -0.3 is 10.0 Å². The number of hydrogen-bond acceptors (Lipinski definition) is 3. The van der Waals surface area contributed by atoms with Crippen LogP contribution in [0.15, 0.2) is 42.5 Å². The number of halogens is 1. The van der Waals surface area contributed by atoms with Crippen molar-refractivity contribution in [3.63, 3.8) is 0 Å². The highest BCUT2D eigenvalue weighted by molar-refractivity contribution is 5.95. The SMILES string of the molecule is CC(=O)c1cc(F)cc(N(C)c2ccc(O)cc2)c1. The minimum Gasteiger partial charge on any atom is -0.508 e. The molecule has 0 aliphatic heterocycles. The number of ketones is 1. The summed E-state index contributed by atoms with van der Waals surface area (Å²) in [6.45, 7) is 1.40. The average molecular weight is 259 g/mol. The Labute approximate surface area is 110 Å². The minimum atomic E-state index is -0.451. The molecule has 0 saturated carbocycles. The minimum absolute atomic E-state index is 0.167. The van der Waals surface area contributed by atoms with E-state index in [-0.39, 0.29) is 11.5 Å². The lowest BCUT2D eigenvalue weighted by atomic mass is 10.1. The lowest BCUT2D eigenvalue weighted by molar-refractivity contribution is 0.101. The third kappa shape index (κ3) is 2.91. The zero-order chi connectivity index (χ0) is 14.0. The molecular weight excluding hydrogens is 245 g/mol. The van der Waals surface area contributed by atoms with Crippen LogP contribution in [0.1, 0.15) is 17.3 Å². The summed E-state index contributed by atoms with van der Waals surface area (Å²) in [6, 6.07) is 10.8. The molecule has 0 bridgehead atoms. The molecule has 0 aliphatic carbocycles. The molecule has 3 nitrogen and oxygen atoms in total. The van der Waals surface area contributed by atoms with Gasteiger partial charge in [0.2, 0.25) is 0 Å². The second kappa shape index (κ2) is 5.10. The molecule has 0 aliphatic rings. The van der Waals surface area contributed by atoms with Crippen molar-refractivity contribution in [1.29, 1.82) is 0 Å². The smallest absolute Gasteiger partial charge is 0.159 e. The summed E-state index contributed by atoms with van der Waals surface area (Å²) in [6.07, 6.45) is 0. The van der Waals surface area contributed by atoms with Crippen molar-refractivity contribution in [2.75, 3.05) is 11.9 Å². The van der Waals surface area contributed by atoms with Crippen LogP contribution in [0.4, 0.5) is 15.8 Å². The second-order valence-electron chi connectivity index (χ2n) is 4.33. The Bertz CT molecular complexity index is 608. The van der Waals surface area contributed by atoms with Gasteiger partial charge in [0, 0.05) is 24.0 Å². The van der Waals surface area contributed by atoms with Crippen molar-refractivity contribution < 1.29 is 14.3 Å². The van der Waals surface area contributed by atoms with Crippen molar-refractivity contribution in [2.45, 2.75) is 6.92 Å². The van der Waals surface area contributed by atoms with Gasteiger partial charge >= 0.3 is 0 Å². The molecule has 0 radical (unpaired) electrons. The molecular formula is C15H14FNO2. The molecule has 0 aromatic heterocycles. The Morgan fingerprint density at radius 2 is 1.74 bits per heavy atom. The highest BCUT2D eigenvalue weighted by atomic mass is 19.1. The highest BCUT2D eigenvalue weighted by Crippen LogP contribution is 2.26. The summed E-state index contributed by atoms with van der Waals surface area (Å²) in [7, 11) is 1.77. The van der Waals surface area contributed by atoms with Gasteiger partial charge in [0.1, 0.15) is 11.6 Å². The highest BCUT2D eigenvalue weighted by Gasteiger charge is 2.09. The van der Waals surface area contributed by atoms with Crippen LogP contribution in [-0.2, 0) is 0 Å². The van der Waals surface area contributed by atoms with Gasteiger partial charge in [-0.3, -0.25) is 4.79 Å².